The summed E-state index contributed by atoms with van der Waals surface area (Å²) < 4.78 is 1.38. The first-order valence-corrected chi connectivity index (χ1v) is 6.87. The predicted octanol–water partition coefficient (Wildman–Crippen LogP) is -0.279. The third-order valence-electron chi connectivity index (χ3n) is 3.33. The molecule has 2 heterocycles. The molecular formula is C13H17N7O. The van der Waals surface area contributed by atoms with Crippen LogP contribution in [0.5, 0.6) is 0 Å². The molecule has 8 nitrogen and oxygen atoms in total. The molecule has 0 saturated carbocycles. The number of nitrogens with zero attached hydrogens (tertiary/aromatic N) is 5. The minimum atomic E-state index is -0.155. The van der Waals surface area contributed by atoms with E-state index in [9.17, 15) is 4.79 Å². The van der Waals surface area contributed by atoms with Gasteiger partial charge in [-0.1, -0.05) is 0 Å². The van der Waals surface area contributed by atoms with Crippen LogP contribution in [0.3, 0.4) is 0 Å². The predicted molar refractivity (Wildman–Crippen MR) is 78.0 cm³/mol. The normalized spacial score (nSPS) is 15.0. The second kappa shape index (κ2) is 6.31. The van der Waals surface area contributed by atoms with Gasteiger partial charge in [-0.3, -0.25) is 4.79 Å². The molecule has 0 unspecified atom stereocenters. The lowest BCUT2D eigenvalue weighted by atomic mass is 10.2. The first-order chi connectivity index (χ1) is 10.3. The Kier molecular flexibility index (Phi) is 4.06. The Morgan fingerprint density at radius 3 is 2.67 bits per heavy atom. The third-order valence-corrected chi connectivity index (χ3v) is 3.33. The van der Waals surface area contributed by atoms with Crippen LogP contribution in [0.25, 0.3) is 0 Å². The van der Waals surface area contributed by atoms with Crippen molar-refractivity contribution in [3.05, 3.63) is 30.6 Å². The average molecular weight is 287 g/mol. The number of nitrogens with one attached hydrogen (secondary N) is 2. The van der Waals surface area contributed by atoms with E-state index < -0.39 is 0 Å². The van der Waals surface area contributed by atoms with Crippen molar-refractivity contribution in [3.63, 3.8) is 0 Å². The number of benzene rings is 1. The van der Waals surface area contributed by atoms with Crippen LogP contribution in [0.15, 0.2) is 30.6 Å². The zero-order chi connectivity index (χ0) is 14.5. The van der Waals surface area contributed by atoms with Gasteiger partial charge in [-0.2, -0.15) is 0 Å². The Morgan fingerprint density at radius 1 is 1.24 bits per heavy atom. The van der Waals surface area contributed by atoms with Gasteiger partial charge >= 0.3 is 0 Å². The molecule has 2 aromatic rings. The van der Waals surface area contributed by atoms with Crippen LogP contribution < -0.4 is 15.5 Å². The van der Waals surface area contributed by atoms with Crippen LogP contribution in [0.2, 0.25) is 0 Å². The van der Waals surface area contributed by atoms with Crippen molar-refractivity contribution >= 4 is 17.3 Å². The van der Waals surface area contributed by atoms with E-state index in [1.807, 2.05) is 24.3 Å². The molecule has 8 heteroatoms. The standard InChI is InChI=1S/C13H17N7O/c21-13(9-20-10-15-17-18-20)16-11-1-3-12(4-2-11)19-7-5-14-6-8-19/h1-4,10,14H,5-9H2,(H,16,21). The molecule has 110 valence electrons. The average Bonchev–Trinajstić information content (AvgIpc) is 3.02. The van der Waals surface area contributed by atoms with E-state index in [4.69, 9.17) is 0 Å². The van der Waals surface area contributed by atoms with E-state index in [-0.39, 0.29) is 12.5 Å². The minimum Gasteiger partial charge on any atom is -0.369 e. The van der Waals surface area contributed by atoms with Crippen LogP contribution in [0.4, 0.5) is 11.4 Å². The molecule has 0 aliphatic carbocycles. The maximum Gasteiger partial charge on any atom is 0.246 e. The SMILES string of the molecule is O=C(Cn1cnnn1)Nc1ccc(N2CCNCC2)cc1. The molecule has 0 radical (unpaired) electrons. The van der Waals surface area contributed by atoms with Crippen LogP contribution >= 0.6 is 0 Å². The van der Waals surface area contributed by atoms with E-state index in [1.165, 1.54) is 16.7 Å². The van der Waals surface area contributed by atoms with Gasteiger partial charge in [0.1, 0.15) is 12.9 Å². The van der Waals surface area contributed by atoms with Gasteiger partial charge in [-0.25, -0.2) is 4.68 Å². The molecule has 1 saturated heterocycles. The van der Waals surface area contributed by atoms with E-state index in [2.05, 4.69) is 31.1 Å². The summed E-state index contributed by atoms with van der Waals surface area (Å²) in [6, 6.07) is 7.87. The number of piperazine rings is 1. The molecule has 1 fully saturated rings. The van der Waals surface area contributed by atoms with Crippen molar-refractivity contribution in [2.75, 3.05) is 36.4 Å². The molecule has 2 N–H and O–H groups in total. The van der Waals surface area contributed by atoms with Gasteiger partial charge in [0.2, 0.25) is 5.91 Å². The molecule has 3 rings (SSSR count). The fourth-order valence-electron chi connectivity index (χ4n) is 2.28. The topological polar surface area (TPSA) is 88.0 Å². The van der Waals surface area contributed by atoms with Crippen molar-refractivity contribution in [2.45, 2.75) is 6.54 Å². The summed E-state index contributed by atoms with van der Waals surface area (Å²) in [5.74, 6) is -0.155. The van der Waals surface area contributed by atoms with E-state index in [1.54, 1.807) is 0 Å². The Bertz CT molecular complexity index is 575. The number of amides is 1. The quantitative estimate of drug-likeness (QED) is 0.804. The highest BCUT2D eigenvalue weighted by Crippen LogP contribution is 2.18. The van der Waals surface area contributed by atoms with Gasteiger partial charge in [-0.05, 0) is 34.7 Å². The molecule has 1 amide bonds. The minimum absolute atomic E-state index is 0.104. The lowest BCUT2D eigenvalue weighted by Gasteiger charge is -2.29. The van der Waals surface area contributed by atoms with Crippen LogP contribution in [0, 0.1) is 0 Å². The van der Waals surface area contributed by atoms with Crippen molar-refractivity contribution < 1.29 is 4.79 Å². The molecule has 0 atom stereocenters. The summed E-state index contributed by atoms with van der Waals surface area (Å²) in [6.07, 6.45) is 1.41. The van der Waals surface area contributed by atoms with E-state index in [0.29, 0.717) is 0 Å². The van der Waals surface area contributed by atoms with Gasteiger partial charge < -0.3 is 15.5 Å². The number of tetrazole rings is 1. The highest BCUT2D eigenvalue weighted by atomic mass is 16.2. The molecule has 0 spiro atoms. The Morgan fingerprint density at radius 2 is 2.00 bits per heavy atom. The zero-order valence-electron chi connectivity index (χ0n) is 11.6. The Labute approximate surface area is 122 Å². The fraction of sp³-hybridized carbons (Fsp3) is 0.385. The number of carbonyl (C=O) groups excluding carboxylic acids is 1. The van der Waals surface area contributed by atoms with Crippen molar-refractivity contribution in [1.29, 1.82) is 0 Å². The van der Waals surface area contributed by atoms with Gasteiger partial charge in [0, 0.05) is 37.6 Å². The lowest BCUT2D eigenvalue weighted by Crippen LogP contribution is -2.43. The van der Waals surface area contributed by atoms with Gasteiger partial charge in [0.25, 0.3) is 0 Å². The largest absolute Gasteiger partial charge is 0.369 e. The van der Waals surface area contributed by atoms with E-state index >= 15 is 0 Å². The number of hydrogen-bond donors (Lipinski definition) is 2. The zero-order valence-corrected chi connectivity index (χ0v) is 11.6. The highest BCUT2D eigenvalue weighted by Gasteiger charge is 2.10. The maximum atomic E-state index is 11.8. The van der Waals surface area contributed by atoms with Crippen LogP contribution in [-0.4, -0.2) is 52.3 Å². The van der Waals surface area contributed by atoms with Crippen LogP contribution in [0.1, 0.15) is 0 Å². The second-order valence-corrected chi connectivity index (χ2v) is 4.84. The summed E-state index contributed by atoms with van der Waals surface area (Å²) >= 11 is 0. The number of aromatic nitrogens is 4. The molecule has 1 aromatic heterocycles. The summed E-state index contributed by atoms with van der Waals surface area (Å²) in [4.78, 5) is 14.1. The number of carbonyl (C=O) groups is 1. The molecule has 1 aromatic carbocycles. The Balaban J connectivity index is 1.57. The third kappa shape index (κ3) is 3.54. The van der Waals surface area contributed by atoms with Gasteiger partial charge in [0.05, 0.1) is 0 Å². The van der Waals surface area contributed by atoms with Crippen LogP contribution in [-0.2, 0) is 11.3 Å². The highest BCUT2D eigenvalue weighted by molar-refractivity contribution is 5.90. The molecule has 1 aliphatic heterocycles. The van der Waals surface area contributed by atoms with Crippen molar-refractivity contribution in [3.8, 4) is 0 Å². The molecule has 0 bridgehead atoms. The van der Waals surface area contributed by atoms with Crippen molar-refractivity contribution in [1.82, 2.24) is 25.5 Å². The first kappa shape index (κ1) is 13.5. The maximum absolute atomic E-state index is 11.8. The lowest BCUT2D eigenvalue weighted by molar-refractivity contribution is -0.116. The molecular weight excluding hydrogens is 270 g/mol. The monoisotopic (exact) mass is 287 g/mol. The fourth-order valence-corrected chi connectivity index (χ4v) is 2.28. The number of anilines is 2. The smallest absolute Gasteiger partial charge is 0.246 e. The summed E-state index contributed by atoms with van der Waals surface area (Å²) in [5, 5.41) is 16.8. The summed E-state index contributed by atoms with van der Waals surface area (Å²) in [5.41, 5.74) is 1.95. The van der Waals surface area contributed by atoms with Crippen molar-refractivity contribution in [2.24, 2.45) is 0 Å². The molecule has 1 aliphatic rings. The number of rotatable bonds is 4. The summed E-state index contributed by atoms with van der Waals surface area (Å²) in [6.45, 7) is 4.12. The first-order valence-electron chi connectivity index (χ1n) is 6.87. The number of hydrogen-bond acceptors (Lipinski definition) is 6. The summed E-state index contributed by atoms with van der Waals surface area (Å²) in [7, 11) is 0. The second-order valence-electron chi connectivity index (χ2n) is 4.84. The van der Waals surface area contributed by atoms with Gasteiger partial charge in [0.15, 0.2) is 0 Å². The van der Waals surface area contributed by atoms with Gasteiger partial charge in [-0.15, -0.1) is 5.10 Å². The van der Waals surface area contributed by atoms with E-state index in [0.717, 1.165) is 31.9 Å². The Hall–Kier alpha value is -2.48. The molecule has 21 heavy (non-hydrogen) atoms.